The number of nitro groups is 1. The lowest BCUT2D eigenvalue weighted by Crippen LogP contribution is -2.43. The first-order valence-corrected chi connectivity index (χ1v) is 6.57. The van der Waals surface area contributed by atoms with Crippen LogP contribution in [-0.4, -0.2) is 27.9 Å². The molecule has 2 atom stereocenters. The first kappa shape index (κ1) is 14.0. The van der Waals surface area contributed by atoms with Crippen molar-refractivity contribution in [1.29, 1.82) is 0 Å². The maximum Gasteiger partial charge on any atom is 0.269 e. The second-order valence-electron chi connectivity index (χ2n) is 6.11. The van der Waals surface area contributed by atoms with E-state index in [0.29, 0.717) is 0 Å². The van der Waals surface area contributed by atoms with Crippen molar-refractivity contribution in [3.63, 3.8) is 0 Å². The van der Waals surface area contributed by atoms with Gasteiger partial charge in [0.1, 0.15) is 0 Å². The van der Waals surface area contributed by atoms with Gasteiger partial charge in [0.15, 0.2) is 0 Å². The third kappa shape index (κ3) is 2.77. The largest absolute Gasteiger partial charge is 0.326 e. The molecule has 0 saturated carbocycles. The van der Waals surface area contributed by atoms with Gasteiger partial charge in [0.05, 0.1) is 11.0 Å². The molecular weight excluding hydrogens is 242 g/mol. The second-order valence-corrected chi connectivity index (χ2v) is 6.11. The van der Waals surface area contributed by atoms with Crippen LogP contribution in [0.5, 0.6) is 0 Å². The fraction of sp³-hybridized carbons (Fsp3) is 0.571. The Hall–Kier alpha value is -1.46. The number of rotatable bonds is 2. The van der Waals surface area contributed by atoms with Crippen molar-refractivity contribution in [2.45, 2.75) is 44.8 Å². The molecule has 1 aliphatic heterocycles. The number of nitro benzene ring substituents is 1. The highest BCUT2D eigenvalue weighted by Crippen LogP contribution is 2.37. The summed E-state index contributed by atoms with van der Waals surface area (Å²) in [6.45, 7) is 7.37. The highest BCUT2D eigenvalue weighted by atomic mass is 16.6. The average Bonchev–Trinajstić information content (AvgIpc) is 2.71. The van der Waals surface area contributed by atoms with Gasteiger partial charge in [-0.05, 0) is 32.8 Å². The lowest BCUT2D eigenvalue weighted by molar-refractivity contribution is -0.385. The molecule has 0 aromatic heterocycles. The minimum Gasteiger partial charge on any atom is -0.326 e. The Bertz CT molecular complexity index is 482. The van der Waals surface area contributed by atoms with E-state index < -0.39 is 0 Å². The smallest absolute Gasteiger partial charge is 0.269 e. The monoisotopic (exact) mass is 263 g/mol. The van der Waals surface area contributed by atoms with Crippen LogP contribution in [0.2, 0.25) is 0 Å². The first-order chi connectivity index (χ1) is 8.80. The quantitative estimate of drug-likeness (QED) is 0.657. The molecule has 5 nitrogen and oxygen atoms in total. The third-order valence-corrected chi connectivity index (χ3v) is 3.73. The number of nitrogens with zero attached hydrogens (tertiary/aromatic N) is 2. The van der Waals surface area contributed by atoms with Crippen LogP contribution in [-0.2, 0) is 0 Å². The van der Waals surface area contributed by atoms with E-state index in [2.05, 4.69) is 25.7 Å². The highest BCUT2D eigenvalue weighted by molar-refractivity contribution is 5.37. The summed E-state index contributed by atoms with van der Waals surface area (Å²) in [5, 5.41) is 10.9. The minimum absolute atomic E-state index is 0.00338. The number of benzene rings is 1. The third-order valence-electron chi connectivity index (χ3n) is 3.73. The van der Waals surface area contributed by atoms with Gasteiger partial charge in [-0.3, -0.25) is 15.0 Å². The molecule has 1 heterocycles. The average molecular weight is 263 g/mol. The molecule has 19 heavy (non-hydrogen) atoms. The Labute approximate surface area is 113 Å². The Morgan fingerprint density at radius 3 is 2.68 bits per heavy atom. The standard InChI is InChI=1S/C14H21N3O2/c1-14(2,3)16-8-7-12(15)13(16)10-5-4-6-11(9-10)17(18)19/h4-6,9,12-13H,7-8,15H2,1-3H3. The van der Waals surface area contributed by atoms with Crippen molar-refractivity contribution in [2.75, 3.05) is 6.54 Å². The molecule has 2 unspecified atom stereocenters. The molecule has 1 aromatic carbocycles. The van der Waals surface area contributed by atoms with E-state index in [1.165, 1.54) is 6.07 Å². The number of hydrogen-bond donors (Lipinski definition) is 1. The van der Waals surface area contributed by atoms with Crippen LogP contribution < -0.4 is 5.73 Å². The predicted octanol–water partition coefficient (Wildman–Crippen LogP) is 2.47. The van der Waals surface area contributed by atoms with E-state index in [-0.39, 0.29) is 28.2 Å². The van der Waals surface area contributed by atoms with Crippen LogP contribution in [0.3, 0.4) is 0 Å². The molecule has 2 N–H and O–H groups in total. The van der Waals surface area contributed by atoms with E-state index in [4.69, 9.17) is 5.73 Å². The molecule has 0 radical (unpaired) electrons. The van der Waals surface area contributed by atoms with Gasteiger partial charge in [-0.25, -0.2) is 0 Å². The minimum atomic E-state index is -0.356. The zero-order valence-corrected chi connectivity index (χ0v) is 11.7. The lowest BCUT2D eigenvalue weighted by Gasteiger charge is -2.38. The first-order valence-electron chi connectivity index (χ1n) is 6.57. The number of non-ortho nitro benzene ring substituents is 1. The van der Waals surface area contributed by atoms with E-state index in [1.807, 2.05) is 6.07 Å². The summed E-state index contributed by atoms with van der Waals surface area (Å²) in [4.78, 5) is 12.9. The molecule has 0 spiro atoms. The summed E-state index contributed by atoms with van der Waals surface area (Å²) < 4.78 is 0. The van der Waals surface area contributed by atoms with Gasteiger partial charge < -0.3 is 5.73 Å². The van der Waals surface area contributed by atoms with Gasteiger partial charge in [0.2, 0.25) is 0 Å². The van der Waals surface area contributed by atoms with Crippen LogP contribution in [0.1, 0.15) is 38.8 Å². The summed E-state index contributed by atoms with van der Waals surface area (Å²) in [5.74, 6) is 0. The normalized spacial score (nSPS) is 24.6. The molecule has 104 valence electrons. The fourth-order valence-corrected chi connectivity index (χ4v) is 2.82. The van der Waals surface area contributed by atoms with Gasteiger partial charge in [-0.2, -0.15) is 0 Å². The van der Waals surface area contributed by atoms with Crippen LogP contribution >= 0.6 is 0 Å². The van der Waals surface area contributed by atoms with E-state index in [0.717, 1.165) is 18.5 Å². The summed E-state index contributed by atoms with van der Waals surface area (Å²) in [7, 11) is 0. The molecule has 1 aromatic rings. The van der Waals surface area contributed by atoms with Crippen LogP contribution in [0, 0.1) is 10.1 Å². The topological polar surface area (TPSA) is 72.4 Å². The molecular formula is C14H21N3O2. The maximum atomic E-state index is 10.9. The van der Waals surface area contributed by atoms with Crippen LogP contribution in [0.4, 0.5) is 5.69 Å². The van der Waals surface area contributed by atoms with E-state index in [1.54, 1.807) is 12.1 Å². The van der Waals surface area contributed by atoms with Crippen LogP contribution in [0.25, 0.3) is 0 Å². The summed E-state index contributed by atoms with van der Waals surface area (Å²) in [6, 6.07) is 6.92. The second kappa shape index (κ2) is 4.90. The SMILES string of the molecule is CC(C)(C)N1CCC(N)C1c1cccc([N+](=O)[O-])c1. The van der Waals surface area contributed by atoms with Gasteiger partial charge in [-0.15, -0.1) is 0 Å². The Balaban J connectivity index is 2.38. The van der Waals surface area contributed by atoms with Crippen molar-refractivity contribution in [3.8, 4) is 0 Å². The van der Waals surface area contributed by atoms with Crippen molar-refractivity contribution in [2.24, 2.45) is 5.73 Å². The van der Waals surface area contributed by atoms with Crippen molar-refractivity contribution >= 4 is 5.69 Å². The molecule has 0 amide bonds. The van der Waals surface area contributed by atoms with Crippen molar-refractivity contribution in [1.82, 2.24) is 4.90 Å². The van der Waals surface area contributed by atoms with Crippen molar-refractivity contribution < 1.29 is 4.92 Å². The lowest BCUT2D eigenvalue weighted by atomic mass is 9.96. The van der Waals surface area contributed by atoms with E-state index >= 15 is 0 Å². The Morgan fingerprint density at radius 1 is 1.42 bits per heavy atom. The van der Waals surface area contributed by atoms with Gasteiger partial charge >= 0.3 is 0 Å². The maximum absolute atomic E-state index is 10.9. The molecule has 1 saturated heterocycles. The molecule has 0 aliphatic carbocycles. The van der Waals surface area contributed by atoms with Gasteiger partial charge in [0, 0.05) is 30.3 Å². The molecule has 5 heteroatoms. The summed E-state index contributed by atoms with van der Waals surface area (Å²) in [5.41, 5.74) is 7.29. The Kier molecular flexibility index (Phi) is 3.60. The Morgan fingerprint density at radius 2 is 2.11 bits per heavy atom. The molecule has 0 bridgehead atoms. The van der Waals surface area contributed by atoms with Gasteiger partial charge in [-0.1, -0.05) is 12.1 Å². The highest BCUT2D eigenvalue weighted by Gasteiger charge is 2.39. The number of likely N-dealkylation sites (tertiary alicyclic amines) is 1. The molecule has 1 fully saturated rings. The summed E-state index contributed by atoms with van der Waals surface area (Å²) >= 11 is 0. The molecule has 2 rings (SSSR count). The number of hydrogen-bond acceptors (Lipinski definition) is 4. The fourth-order valence-electron chi connectivity index (χ4n) is 2.82. The van der Waals surface area contributed by atoms with Crippen LogP contribution in [0.15, 0.2) is 24.3 Å². The molecule has 1 aliphatic rings. The predicted molar refractivity (Wildman–Crippen MR) is 74.9 cm³/mol. The van der Waals surface area contributed by atoms with E-state index in [9.17, 15) is 10.1 Å². The van der Waals surface area contributed by atoms with Crippen molar-refractivity contribution in [3.05, 3.63) is 39.9 Å². The zero-order chi connectivity index (χ0) is 14.2. The number of nitrogens with two attached hydrogens (primary N) is 1. The van der Waals surface area contributed by atoms with Gasteiger partial charge in [0.25, 0.3) is 5.69 Å². The summed E-state index contributed by atoms with van der Waals surface area (Å²) in [6.07, 6.45) is 0.921. The zero-order valence-electron chi connectivity index (χ0n) is 11.7.